The largest absolute Gasteiger partial charge is 0.461 e. The number of aryl methyl sites for hydroxylation is 1. The zero-order chi connectivity index (χ0) is 16.5. The van der Waals surface area contributed by atoms with Crippen molar-refractivity contribution in [1.29, 1.82) is 0 Å². The van der Waals surface area contributed by atoms with Crippen LogP contribution in [0.3, 0.4) is 0 Å². The van der Waals surface area contributed by atoms with Crippen LogP contribution in [0.25, 0.3) is 11.6 Å². The van der Waals surface area contributed by atoms with Crippen molar-refractivity contribution in [3.8, 4) is 11.6 Å². The van der Waals surface area contributed by atoms with Crippen LogP contribution in [0.5, 0.6) is 0 Å². The molecule has 8 heteroatoms. The lowest BCUT2D eigenvalue weighted by Gasteiger charge is -2.22. The summed E-state index contributed by atoms with van der Waals surface area (Å²) in [4.78, 5) is 8.95. The van der Waals surface area contributed by atoms with Gasteiger partial charge in [-0.3, -0.25) is 0 Å². The molecule has 1 aliphatic heterocycles. The van der Waals surface area contributed by atoms with Gasteiger partial charge >= 0.3 is 0 Å². The molecule has 1 atom stereocenters. The van der Waals surface area contributed by atoms with Gasteiger partial charge in [-0.2, -0.15) is 10.1 Å². The summed E-state index contributed by atoms with van der Waals surface area (Å²) >= 11 is 0. The highest BCUT2D eigenvalue weighted by atomic mass is 16.5. The number of aromatic nitrogens is 5. The summed E-state index contributed by atoms with van der Waals surface area (Å²) in [5.41, 5.74) is 0. The third-order valence-electron chi connectivity index (χ3n) is 4.14. The molecule has 1 aliphatic rings. The first kappa shape index (κ1) is 15.1. The molecule has 1 N–H and O–H groups in total. The fourth-order valence-electron chi connectivity index (χ4n) is 2.80. The number of nitrogens with one attached hydrogen (secondary N) is 1. The molecule has 0 radical (unpaired) electrons. The Morgan fingerprint density at radius 2 is 2.29 bits per heavy atom. The van der Waals surface area contributed by atoms with Crippen LogP contribution in [-0.4, -0.2) is 30.9 Å². The van der Waals surface area contributed by atoms with Crippen LogP contribution in [0.2, 0.25) is 0 Å². The molecule has 3 aromatic heterocycles. The van der Waals surface area contributed by atoms with Crippen LogP contribution in [0.4, 0.5) is 0 Å². The van der Waals surface area contributed by atoms with E-state index < -0.39 is 0 Å². The Kier molecular flexibility index (Phi) is 3.89. The van der Waals surface area contributed by atoms with Crippen molar-refractivity contribution in [2.24, 2.45) is 0 Å². The van der Waals surface area contributed by atoms with Crippen molar-refractivity contribution >= 4 is 0 Å². The maximum absolute atomic E-state index is 5.27. The van der Waals surface area contributed by atoms with E-state index in [2.05, 4.69) is 39.4 Å². The van der Waals surface area contributed by atoms with Gasteiger partial charge < -0.3 is 14.3 Å². The smallest absolute Gasteiger partial charge is 0.241 e. The molecule has 8 nitrogen and oxygen atoms in total. The molecule has 0 aromatic carbocycles. The van der Waals surface area contributed by atoms with Crippen molar-refractivity contribution in [3.05, 3.63) is 35.9 Å². The first-order valence-electron chi connectivity index (χ1n) is 8.22. The standard InChI is InChI=1S/C16H20N6O2/c1-10(2)15-18-13-6-5-11(9-22(13)20-15)17-8-14-19-16(21-24-14)12-4-3-7-23-12/h3-4,7,10-11,17H,5-6,8-9H2,1-2H3/t11-/m1/s1. The van der Waals surface area contributed by atoms with E-state index in [9.17, 15) is 0 Å². The normalized spacial score (nSPS) is 17.4. The fraction of sp³-hybridized carbons (Fsp3) is 0.500. The Morgan fingerprint density at radius 3 is 3.08 bits per heavy atom. The van der Waals surface area contributed by atoms with E-state index >= 15 is 0 Å². The molecule has 0 saturated carbocycles. The average Bonchev–Trinajstić information content (AvgIpc) is 3.30. The predicted molar refractivity (Wildman–Crippen MR) is 85.1 cm³/mol. The van der Waals surface area contributed by atoms with Gasteiger partial charge in [0.25, 0.3) is 0 Å². The molecule has 0 saturated heterocycles. The van der Waals surface area contributed by atoms with Crippen LogP contribution < -0.4 is 5.32 Å². The first-order valence-corrected chi connectivity index (χ1v) is 8.22. The lowest BCUT2D eigenvalue weighted by atomic mass is 10.1. The molecule has 0 bridgehead atoms. The van der Waals surface area contributed by atoms with E-state index in [1.54, 1.807) is 12.3 Å². The molecule has 0 unspecified atom stereocenters. The van der Waals surface area contributed by atoms with E-state index in [0.717, 1.165) is 31.0 Å². The molecule has 0 aliphatic carbocycles. The molecule has 126 valence electrons. The van der Waals surface area contributed by atoms with Gasteiger partial charge in [-0.15, -0.1) is 0 Å². The van der Waals surface area contributed by atoms with E-state index in [4.69, 9.17) is 8.94 Å². The van der Waals surface area contributed by atoms with Gasteiger partial charge in [-0.05, 0) is 18.6 Å². The zero-order valence-corrected chi connectivity index (χ0v) is 13.8. The Balaban J connectivity index is 1.37. The molecule has 4 heterocycles. The summed E-state index contributed by atoms with van der Waals surface area (Å²) in [6.07, 6.45) is 3.54. The maximum Gasteiger partial charge on any atom is 0.241 e. The third-order valence-corrected chi connectivity index (χ3v) is 4.14. The van der Waals surface area contributed by atoms with Crippen molar-refractivity contribution in [1.82, 2.24) is 30.2 Å². The second kappa shape index (κ2) is 6.20. The SMILES string of the molecule is CC(C)c1nc2n(n1)C[C@H](NCc1nc(-c3ccco3)no1)CC2. The summed E-state index contributed by atoms with van der Waals surface area (Å²) in [5.74, 6) is 3.98. The zero-order valence-electron chi connectivity index (χ0n) is 13.8. The van der Waals surface area contributed by atoms with Crippen LogP contribution in [0, 0.1) is 0 Å². The van der Waals surface area contributed by atoms with Crippen LogP contribution in [0.1, 0.15) is 43.7 Å². The second-order valence-electron chi connectivity index (χ2n) is 6.33. The van der Waals surface area contributed by atoms with Gasteiger partial charge in [0, 0.05) is 18.4 Å². The van der Waals surface area contributed by atoms with Crippen LogP contribution in [-0.2, 0) is 19.5 Å². The first-order chi connectivity index (χ1) is 11.7. The summed E-state index contributed by atoms with van der Waals surface area (Å²) in [6.45, 7) is 5.57. The maximum atomic E-state index is 5.27. The summed E-state index contributed by atoms with van der Waals surface area (Å²) in [7, 11) is 0. The molecule has 0 fully saturated rings. The van der Waals surface area contributed by atoms with Gasteiger partial charge in [-0.1, -0.05) is 19.0 Å². The number of rotatable bonds is 5. The van der Waals surface area contributed by atoms with Crippen molar-refractivity contribution < 1.29 is 8.94 Å². The van der Waals surface area contributed by atoms with Gasteiger partial charge in [-0.25, -0.2) is 9.67 Å². The molecule has 0 amide bonds. The number of nitrogens with zero attached hydrogens (tertiary/aromatic N) is 5. The molecule has 4 rings (SSSR count). The van der Waals surface area contributed by atoms with Crippen molar-refractivity contribution in [3.63, 3.8) is 0 Å². The molecule has 0 spiro atoms. The van der Waals surface area contributed by atoms with E-state index in [1.807, 2.05) is 10.7 Å². The van der Waals surface area contributed by atoms with Crippen molar-refractivity contribution in [2.75, 3.05) is 0 Å². The highest BCUT2D eigenvalue weighted by Gasteiger charge is 2.22. The monoisotopic (exact) mass is 328 g/mol. The number of fused-ring (bicyclic) bond motifs is 1. The molecule has 3 aromatic rings. The minimum absolute atomic E-state index is 0.318. The van der Waals surface area contributed by atoms with Gasteiger partial charge in [0.1, 0.15) is 5.82 Å². The minimum Gasteiger partial charge on any atom is -0.461 e. The van der Waals surface area contributed by atoms with Gasteiger partial charge in [0.15, 0.2) is 11.6 Å². The van der Waals surface area contributed by atoms with Crippen LogP contribution >= 0.6 is 0 Å². The lowest BCUT2D eigenvalue weighted by Crippen LogP contribution is -2.37. The van der Waals surface area contributed by atoms with Crippen molar-refractivity contribution in [2.45, 2.75) is 51.7 Å². The highest BCUT2D eigenvalue weighted by Crippen LogP contribution is 2.18. The number of hydrogen-bond acceptors (Lipinski definition) is 7. The lowest BCUT2D eigenvalue weighted by molar-refractivity contribution is 0.320. The topological polar surface area (TPSA) is 94.8 Å². The summed E-state index contributed by atoms with van der Waals surface area (Å²) < 4.78 is 12.5. The highest BCUT2D eigenvalue weighted by molar-refractivity contribution is 5.44. The summed E-state index contributed by atoms with van der Waals surface area (Å²) in [5, 5.41) is 12.0. The molecule has 24 heavy (non-hydrogen) atoms. The van der Waals surface area contributed by atoms with E-state index in [1.165, 1.54) is 0 Å². The summed E-state index contributed by atoms with van der Waals surface area (Å²) in [6, 6.07) is 3.92. The fourth-order valence-corrected chi connectivity index (χ4v) is 2.80. The Hall–Kier alpha value is -2.48. The minimum atomic E-state index is 0.318. The number of hydrogen-bond donors (Lipinski definition) is 1. The Morgan fingerprint density at radius 1 is 1.38 bits per heavy atom. The Bertz CT molecular complexity index is 805. The third kappa shape index (κ3) is 2.96. The van der Waals surface area contributed by atoms with E-state index in [0.29, 0.717) is 36.0 Å². The average molecular weight is 328 g/mol. The van der Waals surface area contributed by atoms with Gasteiger partial charge in [0.2, 0.25) is 11.7 Å². The van der Waals surface area contributed by atoms with E-state index in [-0.39, 0.29) is 0 Å². The van der Waals surface area contributed by atoms with Gasteiger partial charge in [0.05, 0.1) is 19.4 Å². The Labute approximate surface area is 139 Å². The molecular formula is C16H20N6O2. The number of furan rings is 1. The quantitative estimate of drug-likeness (QED) is 0.766. The second-order valence-corrected chi connectivity index (χ2v) is 6.33. The predicted octanol–water partition coefficient (Wildman–Crippen LogP) is 2.15. The molecular weight excluding hydrogens is 308 g/mol. The van der Waals surface area contributed by atoms with Crippen LogP contribution in [0.15, 0.2) is 27.3 Å².